The maximum Gasteiger partial charge on any atom is 0.304 e. The van der Waals surface area contributed by atoms with Gasteiger partial charge in [-0.1, -0.05) is 12.8 Å². The van der Waals surface area contributed by atoms with Crippen LogP contribution >= 0.6 is 0 Å². The molecule has 0 saturated heterocycles. The van der Waals surface area contributed by atoms with E-state index in [1.165, 1.54) is 25.7 Å². The van der Waals surface area contributed by atoms with Crippen molar-refractivity contribution >= 4 is 5.97 Å². The summed E-state index contributed by atoms with van der Waals surface area (Å²) in [4.78, 5) is 10.4. The summed E-state index contributed by atoms with van der Waals surface area (Å²) in [6.45, 7) is 3.31. The summed E-state index contributed by atoms with van der Waals surface area (Å²) in [6.07, 6.45) is 5.56. The molecule has 0 spiro atoms. The molecule has 2 N–H and O–H groups in total. The van der Waals surface area contributed by atoms with Gasteiger partial charge in [0.15, 0.2) is 0 Å². The van der Waals surface area contributed by atoms with Crippen molar-refractivity contribution in [1.29, 1.82) is 0 Å². The van der Waals surface area contributed by atoms with Gasteiger partial charge in [-0.25, -0.2) is 0 Å². The molecule has 1 saturated carbocycles. The molecule has 1 rings (SSSR count). The number of ether oxygens (including phenoxy) is 1. The molecular weight excluding hydrogens is 194 g/mol. The predicted octanol–water partition coefficient (Wildman–Crippen LogP) is 1.40. The summed E-state index contributed by atoms with van der Waals surface area (Å²) >= 11 is 0. The molecule has 0 bridgehead atoms. The number of carboxylic acid groups (broad SMARTS) is 1. The Bertz CT molecular complexity index is 190. The van der Waals surface area contributed by atoms with Gasteiger partial charge in [-0.05, 0) is 19.8 Å². The predicted molar refractivity (Wildman–Crippen MR) is 57.9 cm³/mol. The van der Waals surface area contributed by atoms with Crippen LogP contribution in [-0.4, -0.2) is 36.4 Å². The monoisotopic (exact) mass is 215 g/mol. The first-order valence-electron chi connectivity index (χ1n) is 5.75. The van der Waals surface area contributed by atoms with Crippen LogP contribution in [0.3, 0.4) is 0 Å². The first-order chi connectivity index (χ1) is 7.18. The molecule has 4 nitrogen and oxygen atoms in total. The minimum absolute atomic E-state index is 0.0229. The average molecular weight is 215 g/mol. The molecule has 1 unspecified atom stereocenters. The Balaban J connectivity index is 1.93. The molecule has 88 valence electrons. The van der Waals surface area contributed by atoms with E-state index in [0.717, 1.165) is 6.54 Å². The van der Waals surface area contributed by atoms with Gasteiger partial charge in [-0.3, -0.25) is 4.79 Å². The molecule has 1 atom stereocenters. The van der Waals surface area contributed by atoms with Gasteiger partial charge < -0.3 is 15.2 Å². The van der Waals surface area contributed by atoms with Gasteiger partial charge in [-0.2, -0.15) is 0 Å². The highest BCUT2D eigenvalue weighted by Gasteiger charge is 2.14. The Kier molecular flexibility index (Phi) is 5.65. The molecule has 0 radical (unpaired) electrons. The zero-order valence-electron chi connectivity index (χ0n) is 9.37. The molecule has 15 heavy (non-hydrogen) atoms. The topological polar surface area (TPSA) is 58.6 Å². The fourth-order valence-electron chi connectivity index (χ4n) is 1.92. The molecular formula is C11H21NO3. The molecule has 0 heterocycles. The fraction of sp³-hybridized carbons (Fsp3) is 0.909. The lowest BCUT2D eigenvalue weighted by atomic mass is 10.2. The van der Waals surface area contributed by atoms with Crippen molar-refractivity contribution in [2.45, 2.75) is 51.2 Å². The van der Waals surface area contributed by atoms with E-state index in [1.807, 2.05) is 6.92 Å². The number of aliphatic carboxylic acids is 1. The number of rotatable bonds is 7. The lowest BCUT2D eigenvalue weighted by molar-refractivity contribution is -0.137. The summed E-state index contributed by atoms with van der Waals surface area (Å²) in [5.74, 6) is -0.758. The second-order valence-electron chi connectivity index (χ2n) is 4.23. The van der Waals surface area contributed by atoms with Crippen molar-refractivity contribution in [3.8, 4) is 0 Å². The largest absolute Gasteiger partial charge is 0.481 e. The van der Waals surface area contributed by atoms with E-state index in [2.05, 4.69) is 5.32 Å². The maximum absolute atomic E-state index is 10.4. The van der Waals surface area contributed by atoms with Crippen LogP contribution in [0.5, 0.6) is 0 Å². The lowest BCUT2D eigenvalue weighted by Gasteiger charge is -2.14. The minimum Gasteiger partial charge on any atom is -0.481 e. The van der Waals surface area contributed by atoms with Crippen molar-refractivity contribution < 1.29 is 14.6 Å². The third-order valence-corrected chi connectivity index (χ3v) is 2.73. The number of hydrogen-bond acceptors (Lipinski definition) is 3. The molecule has 0 aromatic heterocycles. The van der Waals surface area contributed by atoms with E-state index < -0.39 is 5.97 Å². The first kappa shape index (κ1) is 12.5. The SMILES string of the molecule is CC(CC(=O)O)NCCOC1CCCC1. The Labute approximate surface area is 91.0 Å². The van der Waals surface area contributed by atoms with Crippen LogP contribution in [0.4, 0.5) is 0 Å². The molecule has 1 aliphatic rings. The maximum atomic E-state index is 10.4. The highest BCUT2D eigenvalue weighted by molar-refractivity contribution is 5.67. The smallest absolute Gasteiger partial charge is 0.304 e. The van der Waals surface area contributed by atoms with Crippen LogP contribution in [0, 0.1) is 0 Å². The second-order valence-corrected chi connectivity index (χ2v) is 4.23. The summed E-state index contributed by atoms with van der Waals surface area (Å²) in [7, 11) is 0. The summed E-state index contributed by atoms with van der Waals surface area (Å²) in [5, 5.41) is 11.7. The van der Waals surface area contributed by atoms with Gasteiger partial charge in [0.05, 0.1) is 19.1 Å². The Hall–Kier alpha value is -0.610. The van der Waals surface area contributed by atoms with Gasteiger partial charge in [0, 0.05) is 12.6 Å². The van der Waals surface area contributed by atoms with Gasteiger partial charge in [0.1, 0.15) is 0 Å². The first-order valence-corrected chi connectivity index (χ1v) is 5.75. The van der Waals surface area contributed by atoms with E-state index in [9.17, 15) is 4.79 Å². The molecule has 1 fully saturated rings. The van der Waals surface area contributed by atoms with Crippen molar-refractivity contribution in [2.24, 2.45) is 0 Å². The van der Waals surface area contributed by atoms with E-state index in [-0.39, 0.29) is 12.5 Å². The van der Waals surface area contributed by atoms with E-state index >= 15 is 0 Å². The lowest BCUT2D eigenvalue weighted by Crippen LogP contribution is -2.32. The molecule has 0 aliphatic heterocycles. The van der Waals surface area contributed by atoms with Crippen LogP contribution in [0.1, 0.15) is 39.0 Å². The summed E-state index contributed by atoms with van der Waals surface area (Å²) in [5.41, 5.74) is 0. The van der Waals surface area contributed by atoms with Crippen LogP contribution in [0.2, 0.25) is 0 Å². The minimum atomic E-state index is -0.758. The van der Waals surface area contributed by atoms with Crippen LogP contribution in [0.15, 0.2) is 0 Å². The standard InChI is InChI=1S/C11H21NO3/c1-9(8-11(13)14)12-6-7-15-10-4-2-3-5-10/h9-10,12H,2-8H2,1H3,(H,13,14). The van der Waals surface area contributed by atoms with Crippen LogP contribution in [0.25, 0.3) is 0 Å². The van der Waals surface area contributed by atoms with Crippen LogP contribution in [-0.2, 0) is 9.53 Å². The Morgan fingerprint density at radius 2 is 2.20 bits per heavy atom. The summed E-state index contributed by atoms with van der Waals surface area (Å²) in [6, 6.07) is 0.0229. The average Bonchev–Trinajstić information content (AvgIpc) is 2.63. The fourth-order valence-corrected chi connectivity index (χ4v) is 1.92. The molecule has 0 aromatic carbocycles. The number of nitrogens with one attached hydrogen (secondary N) is 1. The van der Waals surface area contributed by atoms with Crippen molar-refractivity contribution in [3.63, 3.8) is 0 Å². The third-order valence-electron chi connectivity index (χ3n) is 2.73. The highest BCUT2D eigenvalue weighted by Crippen LogP contribution is 2.20. The van der Waals surface area contributed by atoms with Gasteiger partial charge in [-0.15, -0.1) is 0 Å². The molecule has 0 aromatic rings. The van der Waals surface area contributed by atoms with E-state index in [1.54, 1.807) is 0 Å². The number of carboxylic acids is 1. The summed E-state index contributed by atoms with van der Waals surface area (Å²) < 4.78 is 5.65. The second kappa shape index (κ2) is 6.80. The van der Waals surface area contributed by atoms with E-state index in [0.29, 0.717) is 12.7 Å². The van der Waals surface area contributed by atoms with E-state index in [4.69, 9.17) is 9.84 Å². The zero-order valence-corrected chi connectivity index (χ0v) is 9.37. The molecule has 1 aliphatic carbocycles. The molecule has 4 heteroatoms. The number of carbonyl (C=O) groups is 1. The zero-order chi connectivity index (χ0) is 11.1. The van der Waals surface area contributed by atoms with Gasteiger partial charge >= 0.3 is 5.97 Å². The highest BCUT2D eigenvalue weighted by atomic mass is 16.5. The normalized spacial score (nSPS) is 19.3. The van der Waals surface area contributed by atoms with Gasteiger partial charge in [0.25, 0.3) is 0 Å². The number of hydrogen-bond donors (Lipinski definition) is 2. The van der Waals surface area contributed by atoms with Crippen molar-refractivity contribution in [1.82, 2.24) is 5.32 Å². The Morgan fingerprint density at radius 1 is 1.53 bits per heavy atom. The quantitative estimate of drug-likeness (QED) is 0.630. The van der Waals surface area contributed by atoms with Crippen molar-refractivity contribution in [2.75, 3.05) is 13.2 Å². The third kappa shape index (κ3) is 5.74. The molecule has 0 amide bonds. The van der Waals surface area contributed by atoms with Crippen LogP contribution < -0.4 is 5.32 Å². The van der Waals surface area contributed by atoms with Gasteiger partial charge in [0.2, 0.25) is 0 Å². The van der Waals surface area contributed by atoms with Crippen molar-refractivity contribution in [3.05, 3.63) is 0 Å². The Morgan fingerprint density at radius 3 is 2.80 bits per heavy atom.